The highest BCUT2D eigenvalue weighted by atomic mass is 16.7. The molecule has 0 bridgehead atoms. The summed E-state index contributed by atoms with van der Waals surface area (Å²) >= 11 is 0. The molecule has 0 aliphatic carbocycles. The lowest BCUT2D eigenvalue weighted by Crippen LogP contribution is -2.40. The minimum absolute atomic E-state index is 0.205. The molecule has 0 aromatic heterocycles. The van der Waals surface area contributed by atoms with Crippen LogP contribution in [0.15, 0.2) is 24.3 Å². The Kier molecular flexibility index (Phi) is 3.93. The van der Waals surface area contributed by atoms with Gasteiger partial charge in [0, 0.05) is 12.0 Å². The molecule has 1 saturated heterocycles. The molecule has 3 nitrogen and oxygen atoms in total. The Bertz CT molecular complexity index is 383. The number of hydrogen-bond donors (Lipinski definition) is 0. The average Bonchev–Trinajstić information content (AvgIpc) is 2.31. The molecule has 0 N–H and O–H groups in total. The predicted octanol–water partition coefficient (Wildman–Crippen LogP) is 3.55. The Labute approximate surface area is 109 Å². The van der Waals surface area contributed by atoms with Gasteiger partial charge in [0.1, 0.15) is 5.75 Å². The first-order valence-electron chi connectivity index (χ1n) is 6.53. The van der Waals surface area contributed by atoms with Gasteiger partial charge in [-0.1, -0.05) is 26.0 Å². The molecule has 1 fully saturated rings. The van der Waals surface area contributed by atoms with Crippen molar-refractivity contribution in [2.75, 3.05) is 13.2 Å². The zero-order valence-electron chi connectivity index (χ0n) is 11.6. The molecule has 1 aromatic rings. The summed E-state index contributed by atoms with van der Waals surface area (Å²) in [5, 5.41) is 0. The minimum Gasteiger partial charge on any atom is -0.465 e. The predicted molar refractivity (Wildman–Crippen MR) is 70.6 cm³/mol. The van der Waals surface area contributed by atoms with Crippen LogP contribution in [0.1, 0.15) is 39.4 Å². The Hall–Kier alpha value is -1.06. The second-order valence-electron chi connectivity index (χ2n) is 5.39. The fraction of sp³-hybridized carbons (Fsp3) is 0.600. The molecule has 2 rings (SSSR count). The molecule has 2 unspecified atom stereocenters. The monoisotopic (exact) mass is 250 g/mol. The van der Waals surface area contributed by atoms with E-state index in [-0.39, 0.29) is 17.8 Å². The molecule has 1 aliphatic rings. The molecule has 0 spiro atoms. The van der Waals surface area contributed by atoms with Crippen LogP contribution in [0, 0.1) is 5.41 Å². The van der Waals surface area contributed by atoms with E-state index in [0.29, 0.717) is 6.61 Å². The Balaban J connectivity index is 1.98. The SMILES string of the molecule is CCOC(C)Oc1ccc(C2OCC2(C)C)cc1. The van der Waals surface area contributed by atoms with Gasteiger partial charge in [-0.15, -0.1) is 0 Å². The van der Waals surface area contributed by atoms with E-state index in [9.17, 15) is 0 Å². The Morgan fingerprint density at radius 1 is 1.33 bits per heavy atom. The van der Waals surface area contributed by atoms with Gasteiger partial charge in [0.25, 0.3) is 0 Å². The number of benzene rings is 1. The summed E-state index contributed by atoms with van der Waals surface area (Å²) in [5.74, 6) is 0.830. The topological polar surface area (TPSA) is 27.7 Å². The molecule has 1 aromatic carbocycles. The van der Waals surface area contributed by atoms with E-state index in [1.807, 2.05) is 26.0 Å². The molecular weight excluding hydrogens is 228 g/mol. The fourth-order valence-electron chi connectivity index (χ4n) is 2.23. The summed E-state index contributed by atoms with van der Waals surface area (Å²) in [6, 6.07) is 8.09. The van der Waals surface area contributed by atoms with Crippen LogP contribution in [-0.2, 0) is 9.47 Å². The molecule has 0 amide bonds. The molecule has 0 radical (unpaired) electrons. The van der Waals surface area contributed by atoms with Crippen molar-refractivity contribution in [2.24, 2.45) is 5.41 Å². The van der Waals surface area contributed by atoms with E-state index in [2.05, 4.69) is 26.0 Å². The van der Waals surface area contributed by atoms with Crippen LogP contribution in [0.5, 0.6) is 5.75 Å². The van der Waals surface area contributed by atoms with Crippen molar-refractivity contribution in [3.05, 3.63) is 29.8 Å². The van der Waals surface area contributed by atoms with Gasteiger partial charge in [0.15, 0.2) is 6.29 Å². The van der Waals surface area contributed by atoms with Gasteiger partial charge in [-0.25, -0.2) is 0 Å². The van der Waals surface area contributed by atoms with E-state index in [0.717, 1.165) is 12.4 Å². The lowest BCUT2D eigenvalue weighted by Gasteiger charge is -2.44. The van der Waals surface area contributed by atoms with Crippen molar-refractivity contribution in [1.29, 1.82) is 0 Å². The van der Waals surface area contributed by atoms with Gasteiger partial charge in [0.05, 0.1) is 12.7 Å². The first-order valence-corrected chi connectivity index (χ1v) is 6.53. The molecular formula is C15H22O3. The van der Waals surface area contributed by atoms with Crippen molar-refractivity contribution < 1.29 is 14.2 Å². The van der Waals surface area contributed by atoms with Gasteiger partial charge < -0.3 is 14.2 Å². The van der Waals surface area contributed by atoms with Gasteiger partial charge in [-0.05, 0) is 31.5 Å². The molecule has 1 aliphatic heterocycles. The van der Waals surface area contributed by atoms with Gasteiger partial charge in [-0.3, -0.25) is 0 Å². The summed E-state index contributed by atoms with van der Waals surface area (Å²) in [5.41, 5.74) is 1.45. The number of ether oxygens (including phenoxy) is 3. The first-order chi connectivity index (χ1) is 8.53. The van der Waals surface area contributed by atoms with E-state index in [4.69, 9.17) is 14.2 Å². The molecule has 3 heteroatoms. The highest BCUT2D eigenvalue weighted by Gasteiger charge is 2.40. The van der Waals surface area contributed by atoms with Gasteiger partial charge in [-0.2, -0.15) is 0 Å². The normalized spacial score (nSPS) is 23.2. The standard InChI is InChI=1S/C15H22O3/c1-5-16-11(2)18-13-8-6-12(7-9-13)14-15(3,4)10-17-14/h6-9,11,14H,5,10H2,1-4H3. The van der Waals surface area contributed by atoms with Gasteiger partial charge in [0.2, 0.25) is 0 Å². The molecule has 2 atom stereocenters. The van der Waals surface area contributed by atoms with Gasteiger partial charge >= 0.3 is 0 Å². The molecule has 1 heterocycles. The summed E-state index contributed by atoms with van der Waals surface area (Å²) < 4.78 is 16.6. The van der Waals surface area contributed by atoms with Crippen molar-refractivity contribution in [3.63, 3.8) is 0 Å². The van der Waals surface area contributed by atoms with Crippen molar-refractivity contribution in [1.82, 2.24) is 0 Å². The highest BCUT2D eigenvalue weighted by Crippen LogP contribution is 2.45. The zero-order valence-corrected chi connectivity index (χ0v) is 11.6. The van der Waals surface area contributed by atoms with E-state index < -0.39 is 0 Å². The van der Waals surface area contributed by atoms with Crippen LogP contribution < -0.4 is 4.74 Å². The largest absolute Gasteiger partial charge is 0.465 e. The zero-order chi connectivity index (χ0) is 13.2. The molecule has 18 heavy (non-hydrogen) atoms. The third-order valence-electron chi connectivity index (χ3n) is 3.22. The van der Waals surface area contributed by atoms with Crippen molar-refractivity contribution in [2.45, 2.75) is 40.1 Å². The third-order valence-corrected chi connectivity index (χ3v) is 3.22. The van der Waals surface area contributed by atoms with Crippen LogP contribution in [-0.4, -0.2) is 19.5 Å². The Morgan fingerprint density at radius 2 is 2.00 bits per heavy atom. The lowest BCUT2D eigenvalue weighted by atomic mass is 9.79. The first kappa shape index (κ1) is 13.4. The lowest BCUT2D eigenvalue weighted by molar-refractivity contribution is -0.172. The second kappa shape index (κ2) is 5.29. The molecule has 0 saturated carbocycles. The summed E-state index contributed by atoms with van der Waals surface area (Å²) in [7, 11) is 0. The summed E-state index contributed by atoms with van der Waals surface area (Å²) in [6.45, 7) is 9.79. The second-order valence-corrected chi connectivity index (χ2v) is 5.39. The minimum atomic E-state index is -0.211. The third kappa shape index (κ3) is 2.85. The number of hydrogen-bond acceptors (Lipinski definition) is 3. The Morgan fingerprint density at radius 3 is 2.44 bits per heavy atom. The number of rotatable bonds is 5. The summed E-state index contributed by atoms with van der Waals surface area (Å²) in [6.07, 6.45) is -0.00638. The van der Waals surface area contributed by atoms with Crippen LogP contribution in [0.3, 0.4) is 0 Å². The van der Waals surface area contributed by atoms with Crippen LogP contribution in [0.2, 0.25) is 0 Å². The fourth-order valence-corrected chi connectivity index (χ4v) is 2.23. The van der Waals surface area contributed by atoms with Crippen molar-refractivity contribution >= 4 is 0 Å². The van der Waals surface area contributed by atoms with Crippen LogP contribution in [0.4, 0.5) is 0 Å². The average molecular weight is 250 g/mol. The van der Waals surface area contributed by atoms with E-state index in [1.165, 1.54) is 5.56 Å². The highest BCUT2D eigenvalue weighted by molar-refractivity contribution is 5.30. The quantitative estimate of drug-likeness (QED) is 0.748. The smallest absolute Gasteiger partial charge is 0.196 e. The van der Waals surface area contributed by atoms with Crippen LogP contribution >= 0.6 is 0 Å². The van der Waals surface area contributed by atoms with E-state index >= 15 is 0 Å². The maximum Gasteiger partial charge on any atom is 0.196 e. The molecule has 100 valence electrons. The maximum atomic E-state index is 5.63. The maximum absolute atomic E-state index is 5.63. The van der Waals surface area contributed by atoms with Crippen LogP contribution in [0.25, 0.3) is 0 Å². The summed E-state index contributed by atoms with van der Waals surface area (Å²) in [4.78, 5) is 0. The van der Waals surface area contributed by atoms with E-state index in [1.54, 1.807) is 0 Å². The van der Waals surface area contributed by atoms with Crippen molar-refractivity contribution in [3.8, 4) is 5.75 Å².